The van der Waals surface area contributed by atoms with Crippen LogP contribution in [0.25, 0.3) is 78.1 Å². The van der Waals surface area contributed by atoms with E-state index in [-0.39, 0.29) is 0 Å². The maximum absolute atomic E-state index is 5.45. The van der Waals surface area contributed by atoms with Gasteiger partial charge in [-0.3, -0.25) is 9.98 Å². The van der Waals surface area contributed by atoms with Crippen LogP contribution in [0.15, 0.2) is 187 Å². The molecule has 2 heterocycles. The van der Waals surface area contributed by atoms with E-state index in [1.165, 1.54) is 6.20 Å². The zero-order valence-electron chi connectivity index (χ0n) is 28.5. The van der Waals surface area contributed by atoms with E-state index in [1.54, 1.807) is 12.3 Å². The van der Waals surface area contributed by atoms with Crippen LogP contribution in [-0.4, -0.2) is 21.2 Å². The molecule has 5 nitrogen and oxygen atoms in total. The van der Waals surface area contributed by atoms with Crippen LogP contribution >= 0.6 is 0 Å². The molecule has 52 heavy (non-hydrogen) atoms. The average molecular weight is 670 g/mol. The van der Waals surface area contributed by atoms with Crippen molar-refractivity contribution in [2.45, 2.75) is 6.54 Å². The Morgan fingerprint density at radius 3 is 1.67 bits per heavy atom. The van der Waals surface area contributed by atoms with Gasteiger partial charge in [0.05, 0.1) is 17.8 Å². The van der Waals surface area contributed by atoms with Crippen LogP contribution in [0.2, 0.25) is 0 Å². The van der Waals surface area contributed by atoms with Gasteiger partial charge in [-0.2, -0.15) is 0 Å². The Labute approximate surface area is 303 Å². The first kappa shape index (κ1) is 32.2. The molecule has 5 heteroatoms. The number of hydrogen-bond acceptors (Lipinski definition) is 5. The number of pyridine rings is 1. The van der Waals surface area contributed by atoms with Crippen LogP contribution in [-0.2, 0) is 6.54 Å². The highest BCUT2D eigenvalue weighted by atomic mass is 14.9. The monoisotopic (exact) mass is 669 g/mol. The molecule has 0 unspecified atom stereocenters. The van der Waals surface area contributed by atoms with Gasteiger partial charge in [0, 0.05) is 35.1 Å². The van der Waals surface area contributed by atoms with Crippen molar-refractivity contribution in [2.24, 2.45) is 10.7 Å². The molecule has 2 N–H and O–H groups in total. The van der Waals surface area contributed by atoms with Gasteiger partial charge in [0.25, 0.3) is 0 Å². The summed E-state index contributed by atoms with van der Waals surface area (Å²) in [6.07, 6.45) is 8.58. The minimum Gasteiger partial charge on any atom is -0.405 e. The fourth-order valence-electron chi connectivity index (χ4n) is 6.45. The topological polar surface area (TPSA) is 77.0 Å². The lowest BCUT2D eigenvalue weighted by Gasteiger charge is -2.14. The van der Waals surface area contributed by atoms with E-state index in [4.69, 9.17) is 15.7 Å². The standard InChI is InChI=1S/C47H35N5/c48-24-7-25-50-32-33-12-14-36(15-13-33)41-28-42(37-18-16-35(17-19-37)38-22-26-49-27-23-38)30-43(29-41)47-51-45-31-40(34-8-3-1-4-9-34)20-21-44(45)46(52-47)39-10-5-2-6-11-39/h1-31H,32,48H2/b24-7-,50-25-. The number of nitrogens with two attached hydrogens (primary N) is 1. The summed E-state index contributed by atoms with van der Waals surface area (Å²) in [5.74, 6) is 0.673. The molecule has 8 aromatic rings. The van der Waals surface area contributed by atoms with Crippen LogP contribution in [0.5, 0.6) is 0 Å². The number of benzene rings is 6. The molecule has 0 spiro atoms. The Bertz CT molecular complexity index is 2510. The van der Waals surface area contributed by atoms with Gasteiger partial charge in [0.2, 0.25) is 0 Å². The third-order valence-electron chi connectivity index (χ3n) is 9.14. The second-order valence-electron chi connectivity index (χ2n) is 12.5. The molecule has 0 radical (unpaired) electrons. The van der Waals surface area contributed by atoms with Gasteiger partial charge >= 0.3 is 0 Å². The van der Waals surface area contributed by atoms with Crippen molar-refractivity contribution in [3.05, 3.63) is 188 Å². The van der Waals surface area contributed by atoms with Crippen molar-refractivity contribution in [3.63, 3.8) is 0 Å². The van der Waals surface area contributed by atoms with E-state index >= 15 is 0 Å². The van der Waals surface area contributed by atoms with E-state index < -0.39 is 0 Å². The van der Waals surface area contributed by atoms with Crippen molar-refractivity contribution in [1.82, 2.24) is 15.0 Å². The quantitative estimate of drug-likeness (QED) is 0.155. The first-order valence-electron chi connectivity index (χ1n) is 17.3. The molecule has 0 atom stereocenters. The highest BCUT2D eigenvalue weighted by Gasteiger charge is 2.15. The molecule has 0 saturated heterocycles. The number of nitrogens with zero attached hydrogens (tertiary/aromatic N) is 4. The molecule has 0 bridgehead atoms. The first-order chi connectivity index (χ1) is 25.7. The predicted octanol–water partition coefficient (Wildman–Crippen LogP) is 11.1. The van der Waals surface area contributed by atoms with Gasteiger partial charge in [-0.05, 0) is 105 Å². The zero-order chi connectivity index (χ0) is 35.1. The molecule has 0 aliphatic carbocycles. The van der Waals surface area contributed by atoms with E-state index in [0.717, 1.165) is 77.8 Å². The van der Waals surface area contributed by atoms with Crippen molar-refractivity contribution in [2.75, 3.05) is 0 Å². The van der Waals surface area contributed by atoms with E-state index in [1.807, 2.05) is 36.7 Å². The third-order valence-corrected chi connectivity index (χ3v) is 9.14. The molecule has 0 saturated carbocycles. The van der Waals surface area contributed by atoms with Gasteiger partial charge in [-0.1, -0.05) is 115 Å². The number of fused-ring (bicyclic) bond motifs is 1. The Morgan fingerprint density at radius 2 is 1.02 bits per heavy atom. The normalized spacial score (nSPS) is 11.5. The molecule has 0 amide bonds. The molecule has 8 rings (SSSR count). The number of aliphatic imine (C=N–C) groups is 1. The van der Waals surface area contributed by atoms with Gasteiger partial charge in [-0.25, -0.2) is 9.97 Å². The smallest absolute Gasteiger partial charge is 0.160 e. The summed E-state index contributed by atoms with van der Waals surface area (Å²) in [6.45, 7) is 0.581. The molecule has 6 aromatic carbocycles. The van der Waals surface area contributed by atoms with Gasteiger partial charge in [0.1, 0.15) is 0 Å². The zero-order valence-corrected chi connectivity index (χ0v) is 28.5. The second-order valence-corrected chi connectivity index (χ2v) is 12.5. The number of rotatable bonds is 9. The molecule has 0 fully saturated rings. The highest BCUT2D eigenvalue weighted by molar-refractivity contribution is 5.96. The van der Waals surface area contributed by atoms with Crippen molar-refractivity contribution < 1.29 is 0 Å². The van der Waals surface area contributed by atoms with Gasteiger partial charge in [0.15, 0.2) is 5.82 Å². The minimum atomic E-state index is 0.581. The lowest BCUT2D eigenvalue weighted by molar-refractivity contribution is 1.08. The lowest BCUT2D eigenvalue weighted by atomic mass is 9.94. The third kappa shape index (κ3) is 7.02. The van der Waals surface area contributed by atoms with Crippen molar-refractivity contribution >= 4 is 17.1 Å². The molecule has 248 valence electrons. The SMILES string of the molecule is N/C=C\C=N/Cc1ccc(-c2cc(-c3ccc(-c4ccncc4)cc3)cc(-c3nc(-c4ccccc4)c4ccc(-c5ccccc5)cc4n3)c2)cc1. The summed E-state index contributed by atoms with van der Waals surface area (Å²) >= 11 is 0. The summed E-state index contributed by atoms with van der Waals surface area (Å²) in [5.41, 5.74) is 19.3. The molecule has 0 aliphatic heterocycles. The van der Waals surface area contributed by atoms with E-state index in [0.29, 0.717) is 12.4 Å². The number of allylic oxidation sites excluding steroid dienone is 1. The number of hydrogen-bond donors (Lipinski definition) is 1. The Balaban J connectivity index is 1.28. The van der Waals surface area contributed by atoms with Crippen LogP contribution in [0.3, 0.4) is 0 Å². The maximum Gasteiger partial charge on any atom is 0.160 e. The average Bonchev–Trinajstić information content (AvgIpc) is 3.23. The largest absolute Gasteiger partial charge is 0.405 e. The fourth-order valence-corrected chi connectivity index (χ4v) is 6.45. The molecular weight excluding hydrogens is 635 g/mol. The minimum absolute atomic E-state index is 0.581. The Morgan fingerprint density at radius 1 is 0.481 bits per heavy atom. The van der Waals surface area contributed by atoms with Crippen LogP contribution in [0.1, 0.15) is 5.56 Å². The Kier molecular flexibility index (Phi) is 9.22. The molecular formula is C47H35N5. The van der Waals surface area contributed by atoms with Gasteiger partial charge < -0.3 is 5.73 Å². The predicted molar refractivity (Wildman–Crippen MR) is 215 cm³/mol. The van der Waals surface area contributed by atoms with Crippen LogP contribution in [0.4, 0.5) is 0 Å². The number of aromatic nitrogens is 3. The first-order valence-corrected chi connectivity index (χ1v) is 17.3. The van der Waals surface area contributed by atoms with E-state index in [9.17, 15) is 0 Å². The Hall–Kier alpha value is -6.98. The lowest BCUT2D eigenvalue weighted by Crippen LogP contribution is -1.97. The van der Waals surface area contributed by atoms with E-state index in [2.05, 4.69) is 143 Å². The van der Waals surface area contributed by atoms with Crippen LogP contribution < -0.4 is 5.73 Å². The van der Waals surface area contributed by atoms with Crippen molar-refractivity contribution in [3.8, 4) is 67.2 Å². The summed E-state index contributed by atoms with van der Waals surface area (Å²) in [5, 5.41) is 1.01. The van der Waals surface area contributed by atoms with Crippen LogP contribution in [0, 0.1) is 0 Å². The molecule has 0 aliphatic rings. The summed E-state index contributed by atoms with van der Waals surface area (Å²) in [4.78, 5) is 19.2. The summed E-state index contributed by atoms with van der Waals surface area (Å²) < 4.78 is 0. The summed E-state index contributed by atoms with van der Waals surface area (Å²) in [7, 11) is 0. The second kappa shape index (κ2) is 14.9. The fraction of sp³-hybridized carbons (Fsp3) is 0.0213. The van der Waals surface area contributed by atoms with Gasteiger partial charge in [-0.15, -0.1) is 0 Å². The maximum atomic E-state index is 5.45. The molecule has 2 aromatic heterocycles. The highest BCUT2D eigenvalue weighted by Crippen LogP contribution is 2.36. The summed E-state index contributed by atoms with van der Waals surface area (Å²) in [6, 6.07) is 55.2. The van der Waals surface area contributed by atoms with Crippen molar-refractivity contribution in [1.29, 1.82) is 0 Å².